The lowest BCUT2D eigenvalue weighted by atomic mass is 10.0. The van der Waals surface area contributed by atoms with Crippen LogP contribution in [0.1, 0.15) is 13.3 Å². The molecule has 0 saturated carbocycles. The molecule has 1 aliphatic heterocycles. The Bertz CT molecular complexity index is 125. The molecular weight excluding hydrogens is 130 g/mol. The number of aliphatic hydroxyl groups excluding tert-OH is 1. The summed E-state index contributed by atoms with van der Waals surface area (Å²) in [5.74, 6) is 0.225. The van der Waals surface area contributed by atoms with Gasteiger partial charge in [-0.15, -0.1) is 0 Å². The third-order valence-corrected chi connectivity index (χ3v) is 2.26. The number of hydroxylamine groups is 3. The zero-order valence-electron chi connectivity index (χ0n) is 6.58. The number of aliphatic hydroxyl groups is 1. The Hall–Kier alpha value is -0.120. The highest BCUT2D eigenvalue weighted by Crippen LogP contribution is 2.23. The second kappa shape index (κ2) is 2.49. The average Bonchev–Trinajstić information content (AvgIpc) is 2.05. The third kappa shape index (κ3) is 1.48. The number of nitrogens with zero attached hydrogens (tertiary/aromatic N) is 1. The number of hydrogen-bond donors (Lipinski definition) is 1. The van der Waals surface area contributed by atoms with Crippen LogP contribution in [-0.4, -0.2) is 36.0 Å². The largest absolute Gasteiger partial charge is 0.633 e. The Morgan fingerprint density at radius 1 is 1.60 bits per heavy atom. The first-order valence-corrected chi connectivity index (χ1v) is 3.79. The monoisotopic (exact) mass is 145 g/mol. The van der Waals surface area contributed by atoms with Gasteiger partial charge in [0.15, 0.2) is 0 Å². The van der Waals surface area contributed by atoms with Crippen LogP contribution in [0, 0.1) is 11.1 Å². The molecule has 1 fully saturated rings. The third-order valence-electron chi connectivity index (χ3n) is 2.26. The molecule has 1 aliphatic rings. The molecule has 1 saturated heterocycles. The van der Waals surface area contributed by atoms with Gasteiger partial charge in [0, 0.05) is 5.92 Å². The molecule has 10 heavy (non-hydrogen) atoms. The van der Waals surface area contributed by atoms with Gasteiger partial charge in [-0.25, -0.2) is 0 Å². The number of likely N-dealkylation sites (tertiary alicyclic amines) is 1. The number of rotatable bonds is 1. The maximum atomic E-state index is 11.3. The van der Waals surface area contributed by atoms with E-state index in [0.29, 0.717) is 13.1 Å². The summed E-state index contributed by atoms with van der Waals surface area (Å²) < 4.78 is -0.264. The van der Waals surface area contributed by atoms with E-state index in [-0.39, 0.29) is 16.7 Å². The SMILES string of the molecule is CCC1C[N+](C)([O-])CC1O. The fourth-order valence-electron chi connectivity index (χ4n) is 1.64. The molecule has 3 nitrogen and oxygen atoms in total. The van der Waals surface area contributed by atoms with Crippen LogP contribution in [0.2, 0.25) is 0 Å². The molecule has 1 heterocycles. The lowest BCUT2D eigenvalue weighted by molar-refractivity contribution is -0.850. The minimum absolute atomic E-state index is 0.225. The minimum Gasteiger partial charge on any atom is -0.633 e. The van der Waals surface area contributed by atoms with Crippen molar-refractivity contribution in [2.45, 2.75) is 19.4 Å². The smallest absolute Gasteiger partial charge is 0.111 e. The Kier molecular flexibility index (Phi) is 1.99. The van der Waals surface area contributed by atoms with Crippen LogP contribution >= 0.6 is 0 Å². The molecule has 1 N–H and O–H groups in total. The summed E-state index contributed by atoms with van der Waals surface area (Å²) in [7, 11) is 1.62. The molecule has 0 amide bonds. The summed E-state index contributed by atoms with van der Waals surface area (Å²) in [4.78, 5) is 0. The Balaban J connectivity index is 2.52. The van der Waals surface area contributed by atoms with E-state index in [1.807, 2.05) is 6.92 Å². The van der Waals surface area contributed by atoms with E-state index in [0.717, 1.165) is 6.42 Å². The zero-order chi connectivity index (χ0) is 7.78. The summed E-state index contributed by atoms with van der Waals surface area (Å²) in [6, 6.07) is 0. The van der Waals surface area contributed by atoms with Gasteiger partial charge < -0.3 is 15.0 Å². The first kappa shape index (κ1) is 7.98. The van der Waals surface area contributed by atoms with Gasteiger partial charge in [-0.3, -0.25) is 0 Å². The van der Waals surface area contributed by atoms with E-state index in [1.165, 1.54) is 0 Å². The molecule has 3 atom stereocenters. The summed E-state index contributed by atoms with van der Waals surface area (Å²) >= 11 is 0. The first-order valence-electron chi connectivity index (χ1n) is 3.79. The molecule has 0 aromatic rings. The van der Waals surface area contributed by atoms with Gasteiger partial charge in [-0.2, -0.15) is 0 Å². The van der Waals surface area contributed by atoms with Crippen molar-refractivity contribution in [3.8, 4) is 0 Å². The van der Waals surface area contributed by atoms with Gasteiger partial charge in [0.2, 0.25) is 0 Å². The van der Waals surface area contributed by atoms with Gasteiger partial charge in [-0.1, -0.05) is 6.92 Å². The minimum atomic E-state index is -0.368. The summed E-state index contributed by atoms with van der Waals surface area (Å²) in [6.07, 6.45) is 0.546. The van der Waals surface area contributed by atoms with E-state index in [1.54, 1.807) is 7.05 Å². The van der Waals surface area contributed by atoms with E-state index in [9.17, 15) is 10.3 Å². The van der Waals surface area contributed by atoms with Crippen molar-refractivity contribution < 1.29 is 9.75 Å². The van der Waals surface area contributed by atoms with E-state index < -0.39 is 0 Å². The van der Waals surface area contributed by atoms with Gasteiger partial charge in [0.1, 0.15) is 12.6 Å². The van der Waals surface area contributed by atoms with Crippen molar-refractivity contribution in [1.82, 2.24) is 0 Å². The van der Waals surface area contributed by atoms with Gasteiger partial charge >= 0.3 is 0 Å². The lowest BCUT2D eigenvalue weighted by Crippen LogP contribution is -2.35. The fraction of sp³-hybridized carbons (Fsp3) is 1.00. The summed E-state index contributed by atoms with van der Waals surface area (Å²) in [5.41, 5.74) is 0. The van der Waals surface area contributed by atoms with Gasteiger partial charge in [0.05, 0.1) is 13.6 Å². The van der Waals surface area contributed by atoms with Gasteiger partial charge in [-0.05, 0) is 6.42 Å². The van der Waals surface area contributed by atoms with E-state index >= 15 is 0 Å². The van der Waals surface area contributed by atoms with Crippen LogP contribution in [0.3, 0.4) is 0 Å². The van der Waals surface area contributed by atoms with Gasteiger partial charge in [0.25, 0.3) is 0 Å². The Morgan fingerprint density at radius 3 is 2.40 bits per heavy atom. The van der Waals surface area contributed by atoms with E-state index in [4.69, 9.17) is 0 Å². The van der Waals surface area contributed by atoms with Crippen molar-refractivity contribution in [2.75, 3.05) is 20.1 Å². The predicted molar refractivity (Wildman–Crippen MR) is 39.1 cm³/mol. The van der Waals surface area contributed by atoms with Crippen LogP contribution < -0.4 is 0 Å². The highest BCUT2D eigenvalue weighted by molar-refractivity contribution is 4.73. The maximum absolute atomic E-state index is 11.3. The van der Waals surface area contributed by atoms with Crippen molar-refractivity contribution >= 4 is 0 Å². The molecule has 3 heteroatoms. The van der Waals surface area contributed by atoms with Crippen molar-refractivity contribution in [3.63, 3.8) is 0 Å². The highest BCUT2D eigenvalue weighted by Gasteiger charge is 2.35. The highest BCUT2D eigenvalue weighted by atomic mass is 16.5. The van der Waals surface area contributed by atoms with Crippen LogP contribution in [0.15, 0.2) is 0 Å². The molecule has 0 bridgehead atoms. The molecule has 0 aromatic heterocycles. The Labute approximate surface area is 61.4 Å². The van der Waals surface area contributed by atoms with E-state index in [2.05, 4.69) is 0 Å². The summed E-state index contributed by atoms with van der Waals surface area (Å²) in [6.45, 7) is 2.97. The second-order valence-electron chi connectivity index (χ2n) is 3.40. The maximum Gasteiger partial charge on any atom is 0.111 e. The quantitative estimate of drug-likeness (QED) is 0.427. The fourth-order valence-corrected chi connectivity index (χ4v) is 1.64. The van der Waals surface area contributed by atoms with Crippen LogP contribution in [-0.2, 0) is 0 Å². The number of quaternary nitrogens is 1. The lowest BCUT2D eigenvalue weighted by Gasteiger charge is -2.33. The molecule has 0 radical (unpaired) electrons. The molecule has 0 aliphatic carbocycles. The predicted octanol–water partition coefficient (Wildman–Crippen LogP) is 0.331. The molecule has 1 rings (SSSR count). The molecule has 3 unspecified atom stereocenters. The number of hydrogen-bond acceptors (Lipinski definition) is 2. The second-order valence-corrected chi connectivity index (χ2v) is 3.40. The standard InChI is InChI=1S/C7H15NO2/c1-3-6-4-8(2,10)5-7(6)9/h6-7,9H,3-5H2,1-2H3. The molecule has 0 spiro atoms. The number of likely N-dealkylation sites (N-methyl/N-ethyl adjacent to an activating group) is 1. The van der Waals surface area contributed by atoms with Crippen LogP contribution in [0.4, 0.5) is 0 Å². The summed E-state index contributed by atoms with van der Waals surface area (Å²) in [5, 5.41) is 20.6. The molecule has 60 valence electrons. The Morgan fingerprint density at radius 2 is 2.20 bits per heavy atom. The van der Waals surface area contributed by atoms with Crippen LogP contribution in [0.25, 0.3) is 0 Å². The topological polar surface area (TPSA) is 43.3 Å². The normalized spacial score (nSPS) is 48.0. The van der Waals surface area contributed by atoms with Crippen molar-refractivity contribution in [3.05, 3.63) is 5.21 Å². The molecule has 0 aromatic carbocycles. The molecular formula is C7H15NO2. The van der Waals surface area contributed by atoms with Crippen molar-refractivity contribution in [1.29, 1.82) is 0 Å². The van der Waals surface area contributed by atoms with Crippen LogP contribution in [0.5, 0.6) is 0 Å². The zero-order valence-corrected chi connectivity index (χ0v) is 6.58. The average molecular weight is 145 g/mol. The first-order chi connectivity index (χ1) is 4.55. The van der Waals surface area contributed by atoms with Crippen molar-refractivity contribution in [2.24, 2.45) is 5.92 Å².